The zero-order valence-corrected chi connectivity index (χ0v) is 61.1. The average molecular weight is 1340 g/mol. The highest BCUT2D eigenvalue weighted by Gasteiger charge is 2.33. The fraction of sp³-hybridized carbons (Fsp3) is 0.558. The van der Waals surface area contributed by atoms with Crippen molar-refractivity contribution in [2.45, 2.75) is 189 Å². The number of anilines is 3. The molecular formula is C77H109N15O4S. The van der Waals surface area contributed by atoms with Crippen LogP contribution in [0.15, 0.2) is 102 Å². The van der Waals surface area contributed by atoms with Gasteiger partial charge < -0.3 is 34.1 Å². The molecule has 12 rings (SSSR count). The number of hydrogen-bond acceptors (Lipinski definition) is 16. The summed E-state index contributed by atoms with van der Waals surface area (Å²) in [5.74, 6) is 3.74. The normalized spacial score (nSPS) is 20.7. The molecule has 9 atom stereocenters. The first-order valence-corrected chi connectivity index (χ1v) is 36.8. The molecular weight excluding hydrogens is 1230 g/mol. The molecule has 0 saturated carbocycles. The van der Waals surface area contributed by atoms with Crippen molar-refractivity contribution in [3.05, 3.63) is 131 Å². The summed E-state index contributed by atoms with van der Waals surface area (Å²) in [4.78, 5) is 72.4. The minimum atomic E-state index is 0.0484. The molecule has 3 unspecified atom stereocenters. The van der Waals surface area contributed by atoms with Crippen molar-refractivity contribution in [1.82, 2.24) is 60.0 Å². The lowest BCUT2D eigenvalue weighted by Crippen LogP contribution is -2.55. The molecule has 0 bridgehead atoms. The number of para-hydroxylation sites is 3. The predicted molar refractivity (Wildman–Crippen MR) is 396 cm³/mol. The van der Waals surface area contributed by atoms with Gasteiger partial charge in [-0.3, -0.25) is 34.2 Å². The van der Waals surface area contributed by atoms with E-state index in [0.29, 0.717) is 102 Å². The first-order valence-electron chi connectivity index (χ1n) is 36.0. The van der Waals surface area contributed by atoms with Crippen LogP contribution in [0.1, 0.15) is 182 Å². The summed E-state index contributed by atoms with van der Waals surface area (Å²) in [5, 5.41) is 21.2. The minimum absolute atomic E-state index is 0.0484. The van der Waals surface area contributed by atoms with Crippen LogP contribution in [0.4, 0.5) is 17.1 Å². The summed E-state index contributed by atoms with van der Waals surface area (Å²) in [6.07, 6.45) is 18.4. The molecule has 6 aromatic heterocycles. The van der Waals surface area contributed by atoms with Crippen molar-refractivity contribution in [3.63, 3.8) is 0 Å². The molecule has 9 aromatic rings. The zero-order chi connectivity index (χ0) is 69.0. The van der Waals surface area contributed by atoms with Gasteiger partial charge in [-0.1, -0.05) is 120 Å². The van der Waals surface area contributed by atoms with Crippen molar-refractivity contribution < 1.29 is 18.8 Å². The van der Waals surface area contributed by atoms with Crippen molar-refractivity contribution in [3.8, 4) is 0 Å². The second-order valence-corrected chi connectivity index (χ2v) is 30.5. The highest BCUT2D eigenvalue weighted by Crippen LogP contribution is 2.33. The second kappa shape index (κ2) is 33.4. The van der Waals surface area contributed by atoms with E-state index in [1.807, 2.05) is 12.1 Å². The first kappa shape index (κ1) is 72.2. The van der Waals surface area contributed by atoms with Crippen LogP contribution in [0.2, 0.25) is 0 Å². The molecule has 3 aromatic carbocycles. The Morgan fingerprint density at radius 2 is 0.938 bits per heavy atom. The number of aromatic amines is 4. The van der Waals surface area contributed by atoms with Gasteiger partial charge in [-0.15, -0.1) is 15.3 Å². The Bertz CT molecular complexity index is 3760. The number of oxazole rings is 1. The van der Waals surface area contributed by atoms with Crippen LogP contribution in [-0.4, -0.2) is 174 Å². The van der Waals surface area contributed by atoms with Crippen LogP contribution in [0.3, 0.4) is 0 Å². The Labute approximate surface area is 579 Å². The number of fused-ring (bicyclic) bond motifs is 3. The van der Waals surface area contributed by atoms with Gasteiger partial charge >= 0.3 is 0 Å². The third-order valence-corrected chi connectivity index (χ3v) is 22.1. The Hall–Kier alpha value is -7.52. The van der Waals surface area contributed by atoms with Crippen LogP contribution in [0.5, 0.6) is 0 Å². The van der Waals surface area contributed by atoms with Crippen molar-refractivity contribution in [2.75, 3.05) is 75.1 Å². The number of aromatic nitrogens is 9. The highest BCUT2D eigenvalue weighted by molar-refractivity contribution is 7.17. The summed E-state index contributed by atoms with van der Waals surface area (Å²) < 4.78 is 5.99. The number of carbonyl (C=O) groups excluding carboxylic acids is 3. The molecule has 3 fully saturated rings. The van der Waals surface area contributed by atoms with E-state index in [1.54, 1.807) is 6.20 Å². The van der Waals surface area contributed by atoms with Crippen LogP contribution >= 0.6 is 11.3 Å². The molecule has 0 radical (unpaired) electrons. The van der Waals surface area contributed by atoms with Crippen LogP contribution < -0.4 is 14.7 Å². The van der Waals surface area contributed by atoms with Crippen molar-refractivity contribution >= 4 is 78.5 Å². The number of ketones is 3. The monoisotopic (exact) mass is 1340 g/mol. The Morgan fingerprint density at radius 3 is 1.39 bits per heavy atom. The molecule has 3 aliphatic rings. The number of piperazine rings is 3. The largest absolute Gasteiger partial charge is 0.420 e. The lowest BCUT2D eigenvalue weighted by Gasteiger charge is -2.42. The Balaban J connectivity index is 0.000000158. The second-order valence-electron chi connectivity index (χ2n) is 29.6. The fourth-order valence-electron chi connectivity index (χ4n) is 14.5. The summed E-state index contributed by atoms with van der Waals surface area (Å²) in [6, 6.07) is 28.3. The molecule has 97 heavy (non-hydrogen) atoms. The lowest BCUT2D eigenvalue weighted by molar-refractivity contribution is 0.0926. The maximum atomic E-state index is 13.2. The number of carbonyl (C=O) groups is 3. The maximum absolute atomic E-state index is 13.2. The van der Waals surface area contributed by atoms with Crippen LogP contribution in [-0.2, 0) is 19.3 Å². The van der Waals surface area contributed by atoms with E-state index in [4.69, 9.17) is 4.42 Å². The van der Waals surface area contributed by atoms with E-state index in [-0.39, 0.29) is 29.2 Å². The summed E-state index contributed by atoms with van der Waals surface area (Å²) >= 11 is 1.46. The van der Waals surface area contributed by atoms with E-state index in [1.165, 1.54) is 44.2 Å². The number of benzene rings is 3. The quantitative estimate of drug-likeness (QED) is 0.0372. The van der Waals surface area contributed by atoms with Gasteiger partial charge in [0.05, 0.1) is 6.20 Å². The van der Waals surface area contributed by atoms with E-state index in [9.17, 15) is 14.4 Å². The van der Waals surface area contributed by atoms with Gasteiger partial charge in [-0.25, -0.2) is 4.98 Å². The zero-order valence-electron chi connectivity index (χ0n) is 60.3. The SMILES string of the molecule is CC(C)CCC(CC(=O)c1cnc(N2C[C@@H](C)N(C)[C@H](C)C2)o1)Cc1c[nH]c2ccccc12.CC(C)CCC(CC(=O)c1nnc(N2C[C@@H](C)N(C)[C@H](C)C2)s1)Cc1c[nH]c2ccccc12.CCCC(CC(=O)c1nc(N2C[C@@H](C)N(C)[C@H](C)C2)n[nH]1)Cc1c[nH]c2ccccc12. The fourth-order valence-corrected chi connectivity index (χ4v) is 15.3. The summed E-state index contributed by atoms with van der Waals surface area (Å²) in [6.45, 7) is 29.7. The molecule has 20 heteroatoms. The number of Topliss-reactive ketones (excluding diaryl/α,β-unsaturated/α-hetero) is 3. The van der Waals surface area contributed by atoms with Crippen LogP contribution in [0.25, 0.3) is 32.7 Å². The number of hydrogen-bond donors (Lipinski definition) is 4. The average Bonchev–Trinajstić information content (AvgIpc) is 1.87. The highest BCUT2D eigenvalue weighted by atomic mass is 32.1. The number of rotatable bonds is 26. The van der Waals surface area contributed by atoms with Gasteiger partial charge in [0.2, 0.25) is 11.1 Å². The molecule has 0 aliphatic carbocycles. The molecule has 3 aliphatic heterocycles. The van der Waals surface area contributed by atoms with E-state index in [2.05, 4.69) is 251 Å². The summed E-state index contributed by atoms with van der Waals surface area (Å²) in [5.41, 5.74) is 7.31. The number of H-pyrrole nitrogens is 4. The summed E-state index contributed by atoms with van der Waals surface area (Å²) in [7, 11) is 6.48. The van der Waals surface area contributed by atoms with Crippen molar-refractivity contribution in [1.29, 1.82) is 0 Å². The number of nitrogens with one attached hydrogen (secondary N) is 4. The molecule has 19 nitrogen and oxygen atoms in total. The third-order valence-electron chi connectivity index (χ3n) is 21.0. The van der Waals surface area contributed by atoms with Gasteiger partial charge in [0, 0.05) is 146 Å². The smallest absolute Gasteiger partial charge is 0.297 e. The maximum Gasteiger partial charge on any atom is 0.297 e. The van der Waals surface area contributed by atoms with Crippen molar-refractivity contribution in [2.24, 2.45) is 29.6 Å². The first-order chi connectivity index (χ1) is 46.6. The molecule has 0 spiro atoms. The Morgan fingerprint density at radius 1 is 0.526 bits per heavy atom. The standard InChI is InChI=1S/C27H38N4O2.C26H37N5OS.C24H34N6O/c1-18(2)10-11-21(12-22-14-28-24-9-7-6-8-23(22)24)13-25(32)26-15-29-27(33-26)31-16-19(3)30(5)20(4)17-31;1-17(2)10-11-20(12-21-14-27-23-9-7-6-8-22(21)23)13-24(32)25-28-29-26(33-25)31-15-18(3)30(5)19(4)16-31;1-5-8-18(11-19-13-25-21-10-7-6-9-20(19)21)12-22(31)23-26-24(28-27-23)30-14-16(2)29(4)17(3)15-30/h6-9,14-15,18-21,28H,10-13,16-17H2,1-5H3;6-9,14,17-20,27H,10-13,15-16H2,1-5H3;6-7,9-10,13,16-18,25H,5,8,11-12,14-15H2,1-4H3,(H,26,27,28)/t19-,20-,21?;18-,19-,20?;16-,17-,18?/m111/s1. The predicted octanol–water partition coefficient (Wildman–Crippen LogP) is 15.0. The number of nitrogens with zero attached hydrogens (tertiary/aromatic N) is 11. The number of likely N-dealkylation sites (N-methyl/N-ethyl adjacent to an activating group) is 3. The minimum Gasteiger partial charge on any atom is -0.420 e. The van der Waals surface area contributed by atoms with Gasteiger partial charge in [0.25, 0.3) is 6.01 Å². The van der Waals surface area contributed by atoms with E-state index >= 15 is 0 Å². The topological polar surface area (TPSA) is 211 Å². The van der Waals surface area contributed by atoms with Gasteiger partial charge in [-0.05, 0) is 166 Å². The van der Waals surface area contributed by atoms with E-state index in [0.717, 1.165) is 119 Å². The molecule has 0 amide bonds. The van der Waals surface area contributed by atoms with Gasteiger partial charge in [0.1, 0.15) is 0 Å². The third kappa shape index (κ3) is 18.6. The van der Waals surface area contributed by atoms with Crippen LogP contribution in [0, 0.1) is 29.6 Å². The molecule has 4 N–H and O–H groups in total. The van der Waals surface area contributed by atoms with Gasteiger partial charge in [-0.2, -0.15) is 4.98 Å². The molecule has 9 heterocycles. The van der Waals surface area contributed by atoms with E-state index < -0.39 is 0 Å². The lowest BCUT2D eigenvalue weighted by atomic mass is 9.87. The Kier molecular flexibility index (Phi) is 24.8. The molecule has 522 valence electrons. The molecule has 3 saturated heterocycles. The van der Waals surface area contributed by atoms with Gasteiger partial charge in [0.15, 0.2) is 33.9 Å².